The lowest BCUT2D eigenvalue weighted by molar-refractivity contribution is -0.402. The maximum absolute atomic E-state index is 10.5. The Morgan fingerprint density at radius 3 is 2.79 bits per heavy atom. The van der Waals surface area contributed by atoms with Crippen molar-refractivity contribution in [1.82, 2.24) is 10.2 Å². The lowest BCUT2D eigenvalue weighted by atomic mass is 10.1. The van der Waals surface area contributed by atoms with Gasteiger partial charge < -0.3 is 9.73 Å². The van der Waals surface area contributed by atoms with Crippen molar-refractivity contribution < 1.29 is 9.34 Å². The van der Waals surface area contributed by atoms with Gasteiger partial charge in [-0.25, -0.2) is 0 Å². The standard InChI is InChI=1S/C13H21N3O3/c1-11(15-7-3-2-4-8-15)9-14-10-12-5-6-13(19-12)16(17)18/h5-6,11,14H,2-4,7-10H2,1H3. The SMILES string of the molecule is CC(CNCc1ccc([N+](=O)[O-])o1)N1CCCCC1. The van der Waals surface area contributed by atoms with Crippen LogP contribution in [0.3, 0.4) is 0 Å². The topological polar surface area (TPSA) is 71.5 Å². The monoisotopic (exact) mass is 267 g/mol. The van der Waals surface area contributed by atoms with E-state index in [0.717, 1.165) is 6.54 Å². The first-order valence-electron chi connectivity index (χ1n) is 6.84. The Bertz CT molecular complexity index is 413. The van der Waals surface area contributed by atoms with Crippen molar-refractivity contribution in [2.75, 3.05) is 19.6 Å². The largest absolute Gasteiger partial charge is 0.433 e. The minimum Gasteiger partial charge on any atom is -0.404 e. The highest BCUT2D eigenvalue weighted by Crippen LogP contribution is 2.15. The molecule has 0 aliphatic carbocycles. The maximum Gasteiger partial charge on any atom is 0.433 e. The number of nitro groups is 1. The first kappa shape index (κ1) is 14.0. The molecule has 1 fully saturated rings. The van der Waals surface area contributed by atoms with Crippen molar-refractivity contribution >= 4 is 5.88 Å². The molecule has 1 aliphatic heterocycles. The zero-order valence-electron chi connectivity index (χ0n) is 11.3. The van der Waals surface area contributed by atoms with Crippen molar-refractivity contribution in [3.8, 4) is 0 Å². The van der Waals surface area contributed by atoms with Gasteiger partial charge in [-0.1, -0.05) is 6.42 Å². The molecule has 0 aromatic carbocycles. The highest BCUT2D eigenvalue weighted by atomic mass is 16.6. The highest BCUT2D eigenvalue weighted by Gasteiger charge is 2.16. The van der Waals surface area contributed by atoms with E-state index in [1.807, 2.05) is 0 Å². The van der Waals surface area contributed by atoms with Gasteiger partial charge in [-0.3, -0.25) is 15.0 Å². The Labute approximate surface area is 112 Å². The highest BCUT2D eigenvalue weighted by molar-refractivity contribution is 5.17. The number of hydrogen-bond acceptors (Lipinski definition) is 5. The summed E-state index contributed by atoms with van der Waals surface area (Å²) in [5.74, 6) is 0.415. The number of nitrogens with one attached hydrogen (secondary N) is 1. The van der Waals surface area contributed by atoms with Crippen molar-refractivity contribution in [2.24, 2.45) is 0 Å². The second kappa shape index (κ2) is 6.68. The van der Waals surface area contributed by atoms with Gasteiger partial charge in [0.15, 0.2) is 0 Å². The van der Waals surface area contributed by atoms with Gasteiger partial charge in [0.25, 0.3) is 0 Å². The fourth-order valence-corrected chi connectivity index (χ4v) is 2.45. The number of rotatable bonds is 6. The van der Waals surface area contributed by atoms with Crippen LogP contribution in [-0.2, 0) is 6.54 Å². The third-order valence-electron chi connectivity index (χ3n) is 3.58. The Kier molecular flexibility index (Phi) is 4.93. The van der Waals surface area contributed by atoms with Crippen molar-refractivity contribution in [2.45, 2.75) is 38.8 Å². The van der Waals surface area contributed by atoms with Crippen molar-refractivity contribution in [1.29, 1.82) is 0 Å². The number of furan rings is 1. The molecule has 106 valence electrons. The van der Waals surface area contributed by atoms with Gasteiger partial charge >= 0.3 is 5.88 Å². The number of likely N-dealkylation sites (tertiary alicyclic amines) is 1. The van der Waals surface area contributed by atoms with Gasteiger partial charge in [-0.2, -0.15) is 0 Å². The van der Waals surface area contributed by atoms with E-state index in [4.69, 9.17) is 4.42 Å². The summed E-state index contributed by atoms with van der Waals surface area (Å²) >= 11 is 0. The molecule has 6 nitrogen and oxygen atoms in total. The second-order valence-corrected chi connectivity index (χ2v) is 5.07. The molecule has 0 amide bonds. The summed E-state index contributed by atoms with van der Waals surface area (Å²) in [5.41, 5.74) is 0. The van der Waals surface area contributed by atoms with Crippen LogP contribution >= 0.6 is 0 Å². The summed E-state index contributed by atoms with van der Waals surface area (Å²) in [5, 5.41) is 13.8. The van der Waals surface area contributed by atoms with Gasteiger partial charge in [0.2, 0.25) is 0 Å². The Morgan fingerprint density at radius 2 is 2.16 bits per heavy atom. The van der Waals surface area contributed by atoms with Crippen LogP contribution in [0.5, 0.6) is 0 Å². The first-order valence-corrected chi connectivity index (χ1v) is 6.84. The van der Waals surface area contributed by atoms with Crippen LogP contribution in [0.25, 0.3) is 0 Å². The van der Waals surface area contributed by atoms with E-state index in [9.17, 15) is 10.1 Å². The average molecular weight is 267 g/mol. The zero-order valence-corrected chi connectivity index (χ0v) is 11.3. The zero-order chi connectivity index (χ0) is 13.7. The Morgan fingerprint density at radius 1 is 1.42 bits per heavy atom. The summed E-state index contributed by atoms with van der Waals surface area (Å²) < 4.78 is 5.10. The fraction of sp³-hybridized carbons (Fsp3) is 0.692. The molecule has 1 N–H and O–H groups in total. The van der Waals surface area contributed by atoms with Crippen LogP contribution in [-0.4, -0.2) is 35.5 Å². The first-order chi connectivity index (χ1) is 9.16. The molecular formula is C13H21N3O3. The molecule has 0 radical (unpaired) electrons. The smallest absolute Gasteiger partial charge is 0.404 e. The maximum atomic E-state index is 10.5. The number of hydrogen-bond donors (Lipinski definition) is 1. The number of piperidine rings is 1. The molecule has 0 bridgehead atoms. The molecule has 1 aromatic rings. The third-order valence-corrected chi connectivity index (χ3v) is 3.58. The van der Waals surface area contributed by atoms with Gasteiger partial charge in [0, 0.05) is 12.6 Å². The minimum absolute atomic E-state index is 0.194. The van der Waals surface area contributed by atoms with E-state index in [0.29, 0.717) is 18.3 Å². The molecular weight excluding hydrogens is 246 g/mol. The average Bonchev–Trinajstić information content (AvgIpc) is 2.89. The molecule has 1 aromatic heterocycles. The fourth-order valence-electron chi connectivity index (χ4n) is 2.45. The van der Waals surface area contributed by atoms with E-state index in [2.05, 4.69) is 17.1 Å². The van der Waals surface area contributed by atoms with Crippen LogP contribution in [0.1, 0.15) is 31.9 Å². The molecule has 1 atom stereocenters. The molecule has 2 heterocycles. The quantitative estimate of drug-likeness (QED) is 0.631. The number of nitrogens with zero attached hydrogens (tertiary/aromatic N) is 2. The van der Waals surface area contributed by atoms with Gasteiger partial charge in [-0.15, -0.1) is 0 Å². The summed E-state index contributed by atoms with van der Waals surface area (Å²) in [6.45, 7) is 5.97. The predicted octanol–water partition coefficient (Wildman–Crippen LogP) is 2.15. The van der Waals surface area contributed by atoms with E-state index >= 15 is 0 Å². The Hall–Kier alpha value is -1.40. The molecule has 2 rings (SSSR count). The normalized spacial score (nSPS) is 18.4. The van der Waals surface area contributed by atoms with Crippen LogP contribution in [0.4, 0.5) is 5.88 Å². The summed E-state index contributed by atoms with van der Waals surface area (Å²) in [7, 11) is 0. The summed E-state index contributed by atoms with van der Waals surface area (Å²) in [4.78, 5) is 12.5. The third kappa shape index (κ3) is 4.04. The molecule has 1 saturated heterocycles. The second-order valence-electron chi connectivity index (χ2n) is 5.07. The lowest BCUT2D eigenvalue weighted by Crippen LogP contribution is -2.42. The van der Waals surface area contributed by atoms with Crippen LogP contribution in [0.15, 0.2) is 16.5 Å². The summed E-state index contributed by atoms with van der Waals surface area (Å²) in [6.07, 6.45) is 3.91. The lowest BCUT2D eigenvalue weighted by Gasteiger charge is -2.32. The van der Waals surface area contributed by atoms with Crippen molar-refractivity contribution in [3.05, 3.63) is 28.0 Å². The molecule has 19 heavy (non-hydrogen) atoms. The van der Waals surface area contributed by atoms with E-state index < -0.39 is 4.92 Å². The van der Waals surface area contributed by atoms with Crippen LogP contribution < -0.4 is 5.32 Å². The van der Waals surface area contributed by atoms with Gasteiger partial charge in [0.05, 0.1) is 12.6 Å². The van der Waals surface area contributed by atoms with E-state index in [1.165, 1.54) is 38.4 Å². The molecule has 0 spiro atoms. The molecule has 1 unspecified atom stereocenters. The van der Waals surface area contributed by atoms with Crippen LogP contribution in [0, 0.1) is 10.1 Å². The molecule has 6 heteroatoms. The van der Waals surface area contributed by atoms with Gasteiger partial charge in [0.1, 0.15) is 10.7 Å². The van der Waals surface area contributed by atoms with Gasteiger partial charge in [-0.05, 0) is 38.9 Å². The van der Waals surface area contributed by atoms with Crippen molar-refractivity contribution in [3.63, 3.8) is 0 Å². The Balaban J connectivity index is 1.71. The molecule has 1 aliphatic rings. The molecule has 0 saturated carbocycles. The minimum atomic E-state index is -0.514. The predicted molar refractivity (Wildman–Crippen MR) is 72.0 cm³/mol. The van der Waals surface area contributed by atoms with E-state index in [-0.39, 0.29) is 5.88 Å². The van der Waals surface area contributed by atoms with Crippen LogP contribution in [0.2, 0.25) is 0 Å². The van der Waals surface area contributed by atoms with E-state index in [1.54, 1.807) is 6.07 Å². The summed E-state index contributed by atoms with van der Waals surface area (Å²) in [6, 6.07) is 3.53.